The van der Waals surface area contributed by atoms with Gasteiger partial charge in [0.05, 0.1) is 12.0 Å². The molecule has 0 saturated carbocycles. The fraction of sp³-hybridized carbons (Fsp3) is 0.560. The van der Waals surface area contributed by atoms with Gasteiger partial charge in [-0.1, -0.05) is 24.3 Å². The molecule has 9 heteroatoms. The van der Waals surface area contributed by atoms with Crippen molar-refractivity contribution >= 4 is 11.8 Å². The molecule has 1 aromatic carbocycles. The predicted octanol–water partition coefficient (Wildman–Crippen LogP) is 0.0263. The van der Waals surface area contributed by atoms with E-state index in [1.165, 1.54) is 11.1 Å². The molecule has 34 heavy (non-hydrogen) atoms. The predicted molar refractivity (Wildman–Crippen MR) is 127 cm³/mol. The van der Waals surface area contributed by atoms with Gasteiger partial charge in [0, 0.05) is 71.5 Å². The summed E-state index contributed by atoms with van der Waals surface area (Å²) in [6.07, 6.45) is 3.53. The van der Waals surface area contributed by atoms with E-state index in [4.69, 9.17) is 0 Å². The Kier molecular flexibility index (Phi) is 6.94. The van der Waals surface area contributed by atoms with E-state index in [1.54, 1.807) is 6.20 Å². The molecule has 182 valence electrons. The highest BCUT2D eigenvalue weighted by Crippen LogP contribution is 2.22. The van der Waals surface area contributed by atoms with Gasteiger partial charge in [-0.05, 0) is 24.0 Å². The summed E-state index contributed by atoms with van der Waals surface area (Å²) < 4.78 is 1.95. The molecule has 0 bridgehead atoms. The Labute approximate surface area is 200 Å². The Balaban J connectivity index is 1.11. The van der Waals surface area contributed by atoms with Gasteiger partial charge in [0.1, 0.15) is 11.5 Å². The van der Waals surface area contributed by atoms with Gasteiger partial charge in [0.2, 0.25) is 5.91 Å². The van der Waals surface area contributed by atoms with E-state index in [9.17, 15) is 14.7 Å². The van der Waals surface area contributed by atoms with E-state index < -0.39 is 6.10 Å². The summed E-state index contributed by atoms with van der Waals surface area (Å²) in [5.74, 6) is 0.708. The number of nitrogens with one attached hydrogen (secondary N) is 2. The molecule has 3 aliphatic heterocycles. The lowest BCUT2D eigenvalue weighted by atomic mass is 9.97. The number of rotatable bonds is 6. The fourth-order valence-corrected chi connectivity index (χ4v) is 5.27. The zero-order valence-corrected chi connectivity index (χ0v) is 19.6. The SMILES string of the molecule is O=C(NCC(O)CN1CCc2ccccc2C1)c1cn2c(n1)CCC(C(=O)N1CCNCC1)C2. The summed E-state index contributed by atoms with van der Waals surface area (Å²) >= 11 is 0. The Morgan fingerprint density at radius 1 is 1.15 bits per heavy atom. The fourth-order valence-electron chi connectivity index (χ4n) is 5.27. The van der Waals surface area contributed by atoms with Crippen LogP contribution in [0.4, 0.5) is 0 Å². The van der Waals surface area contributed by atoms with E-state index in [0.717, 1.165) is 57.9 Å². The van der Waals surface area contributed by atoms with E-state index in [0.29, 0.717) is 25.2 Å². The van der Waals surface area contributed by atoms with Crippen molar-refractivity contribution in [2.45, 2.75) is 38.5 Å². The van der Waals surface area contributed by atoms with Crippen molar-refractivity contribution in [2.75, 3.05) is 45.8 Å². The number of aliphatic hydroxyl groups excluding tert-OH is 1. The number of piperazine rings is 1. The molecule has 1 aromatic heterocycles. The number of β-amino-alcohol motifs (C(OH)–C–C–N with tert-alkyl or cyclic N) is 1. The maximum Gasteiger partial charge on any atom is 0.271 e. The van der Waals surface area contributed by atoms with Crippen LogP contribution < -0.4 is 10.6 Å². The van der Waals surface area contributed by atoms with Crippen molar-refractivity contribution < 1.29 is 14.7 Å². The van der Waals surface area contributed by atoms with Gasteiger partial charge in [-0.15, -0.1) is 0 Å². The summed E-state index contributed by atoms with van der Waals surface area (Å²) in [5, 5.41) is 16.6. The average molecular weight is 467 g/mol. The van der Waals surface area contributed by atoms with E-state index in [2.05, 4.69) is 38.7 Å². The molecule has 5 rings (SSSR count). The van der Waals surface area contributed by atoms with E-state index >= 15 is 0 Å². The van der Waals surface area contributed by atoms with Gasteiger partial charge in [-0.2, -0.15) is 0 Å². The largest absolute Gasteiger partial charge is 0.390 e. The number of imidazole rings is 1. The smallest absolute Gasteiger partial charge is 0.271 e. The van der Waals surface area contributed by atoms with Crippen molar-refractivity contribution in [3.05, 3.63) is 53.1 Å². The molecule has 1 fully saturated rings. The van der Waals surface area contributed by atoms with Crippen molar-refractivity contribution in [3.63, 3.8) is 0 Å². The number of amides is 2. The lowest BCUT2D eigenvalue weighted by Gasteiger charge is -2.32. The first-order valence-electron chi connectivity index (χ1n) is 12.4. The van der Waals surface area contributed by atoms with Crippen molar-refractivity contribution in [3.8, 4) is 0 Å². The lowest BCUT2D eigenvalue weighted by molar-refractivity contribution is -0.137. The molecule has 2 amide bonds. The van der Waals surface area contributed by atoms with Crippen LogP contribution in [0.1, 0.15) is 33.9 Å². The summed E-state index contributed by atoms with van der Waals surface area (Å²) in [7, 11) is 0. The topological polar surface area (TPSA) is 103 Å². The van der Waals surface area contributed by atoms with Crippen LogP contribution in [-0.4, -0.2) is 88.2 Å². The molecule has 1 saturated heterocycles. The zero-order valence-electron chi connectivity index (χ0n) is 19.6. The second kappa shape index (κ2) is 10.2. The summed E-state index contributed by atoms with van der Waals surface area (Å²) in [6.45, 7) is 6.20. The summed E-state index contributed by atoms with van der Waals surface area (Å²) in [4.78, 5) is 34.2. The number of carbonyl (C=O) groups excluding carboxylic acids is 2. The normalized spacial score (nSPS) is 21.4. The first-order chi connectivity index (χ1) is 16.6. The first kappa shape index (κ1) is 23.0. The third kappa shape index (κ3) is 5.16. The number of carbonyl (C=O) groups is 2. The van der Waals surface area contributed by atoms with Crippen LogP contribution in [0.15, 0.2) is 30.5 Å². The number of nitrogens with zero attached hydrogens (tertiary/aromatic N) is 4. The number of aliphatic hydroxyl groups is 1. The highest BCUT2D eigenvalue weighted by Gasteiger charge is 2.30. The Hall–Kier alpha value is -2.75. The van der Waals surface area contributed by atoms with Crippen molar-refractivity contribution in [1.82, 2.24) is 30.0 Å². The minimum absolute atomic E-state index is 0.0628. The Bertz CT molecular complexity index is 1030. The van der Waals surface area contributed by atoms with Gasteiger partial charge >= 0.3 is 0 Å². The maximum absolute atomic E-state index is 12.9. The highest BCUT2D eigenvalue weighted by atomic mass is 16.3. The van der Waals surface area contributed by atoms with Crippen LogP contribution in [0.3, 0.4) is 0 Å². The van der Waals surface area contributed by atoms with Gasteiger partial charge in [-0.25, -0.2) is 4.98 Å². The molecule has 3 N–H and O–H groups in total. The third-order valence-corrected chi connectivity index (χ3v) is 7.18. The second-order valence-electron chi connectivity index (χ2n) is 9.62. The molecule has 2 atom stereocenters. The summed E-state index contributed by atoms with van der Waals surface area (Å²) in [5.41, 5.74) is 3.04. The standard InChI is InChI=1S/C25H34N6O3/c32-21(16-29-10-7-18-3-1-2-4-19(18)14-29)13-27-24(33)22-17-31-15-20(5-6-23(31)28-22)25(34)30-11-8-26-9-12-30/h1-4,17,20-21,26,32H,5-16H2,(H,27,33). The molecule has 9 nitrogen and oxygen atoms in total. The number of hydrogen-bond acceptors (Lipinski definition) is 6. The van der Waals surface area contributed by atoms with Gasteiger partial charge in [0.25, 0.3) is 5.91 Å². The van der Waals surface area contributed by atoms with Crippen LogP contribution in [0.2, 0.25) is 0 Å². The van der Waals surface area contributed by atoms with Crippen LogP contribution >= 0.6 is 0 Å². The maximum atomic E-state index is 12.9. The van der Waals surface area contributed by atoms with Crippen molar-refractivity contribution in [2.24, 2.45) is 5.92 Å². The Morgan fingerprint density at radius 3 is 2.76 bits per heavy atom. The average Bonchev–Trinajstić information content (AvgIpc) is 3.31. The quantitative estimate of drug-likeness (QED) is 0.555. The molecule has 4 heterocycles. The number of benzene rings is 1. The molecular formula is C25H34N6O3. The summed E-state index contributed by atoms with van der Waals surface area (Å²) in [6, 6.07) is 8.42. The molecule has 0 aliphatic carbocycles. The zero-order chi connectivity index (χ0) is 23.5. The van der Waals surface area contributed by atoms with Gasteiger partial charge in [-0.3, -0.25) is 14.5 Å². The van der Waals surface area contributed by atoms with Crippen LogP contribution in [0, 0.1) is 5.92 Å². The van der Waals surface area contributed by atoms with Crippen LogP contribution in [0.25, 0.3) is 0 Å². The third-order valence-electron chi connectivity index (χ3n) is 7.18. The number of fused-ring (bicyclic) bond motifs is 2. The highest BCUT2D eigenvalue weighted by molar-refractivity contribution is 5.92. The van der Waals surface area contributed by atoms with Crippen molar-refractivity contribution in [1.29, 1.82) is 0 Å². The number of aryl methyl sites for hydroxylation is 1. The molecule has 2 unspecified atom stereocenters. The second-order valence-corrected chi connectivity index (χ2v) is 9.62. The number of aromatic nitrogens is 2. The minimum Gasteiger partial charge on any atom is -0.390 e. The van der Waals surface area contributed by atoms with E-state index in [1.807, 2.05) is 15.5 Å². The molecule has 2 aromatic rings. The molecule has 3 aliphatic rings. The Morgan fingerprint density at radius 2 is 1.94 bits per heavy atom. The van der Waals surface area contributed by atoms with Crippen LogP contribution in [0.5, 0.6) is 0 Å². The lowest BCUT2D eigenvalue weighted by Crippen LogP contribution is -2.49. The number of hydrogen-bond donors (Lipinski definition) is 3. The molecule has 0 spiro atoms. The van der Waals surface area contributed by atoms with E-state index in [-0.39, 0.29) is 24.3 Å². The van der Waals surface area contributed by atoms with Gasteiger partial charge < -0.3 is 25.2 Å². The minimum atomic E-state index is -0.646. The first-order valence-corrected chi connectivity index (χ1v) is 12.4. The van der Waals surface area contributed by atoms with Gasteiger partial charge in [0.15, 0.2) is 0 Å². The van der Waals surface area contributed by atoms with Crippen LogP contribution in [-0.2, 0) is 30.7 Å². The molecular weight excluding hydrogens is 432 g/mol. The molecule has 0 radical (unpaired) electrons. The monoisotopic (exact) mass is 466 g/mol.